The van der Waals surface area contributed by atoms with Crippen molar-refractivity contribution in [3.8, 4) is 0 Å². The van der Waals surface area contributed by atoms with Crippen LogP contribution in [-0.4, -0.2) is 11.1 Å². The lowest BCUT2D eigenvalue weighted by Crippen LogP contribution is -2.19. The molecule has 0 saturated carbocycles. The van der Waals surface area contributed by atoms with E-state index in [9.17, 15) is 4.79 Å². The number of nitrogens with one attached hydrogen (secondary N) is 1. The van der Waals surface area contributed by atoms with Gasteiger partial charge in [-0.2, -0.15) is 0 Å². The van der Waals surface area contributed by atoms with Crippen molar-refractivity contribution in [3.63, 3.8) is 0 Å². The highest BCUT2D eigenvalue weighted by Crippen LogP contribution is 2.31. The molecule has 4 nitrogen and oxygen atoms in total. The monoisotopic (exact) mass is 364 g/mol. The number of rotatable bonds is 3. The minimum atomic E-state index is -0.212. The van der Waals surface area contributed by atoms with Crippen molar-refractivity contribution in [2.24, 2.45) is 4.99 Å². The molecule has 2 heterocycles. The second-order valence-corrected chi connectivity index (χ2v) is 6.35. The van der Waals surface area contributed by atoms with Gasteiger partial charge in [0.1, 0.15) is 5.76 Å². The van der Waals surface area contributed by atoms with Crippen molar-refractivity contribution >= 4 is 57.8 Å². The van der Waals surface area contributed by atoms with E-state index in [4.69, 9.17) is 27.6 Å². The Labute approximate surface area is 146 Å². The molecular formula is C16H10Cl2N2O2S. The fourth-order valence-corrected chi connectivity index (χ4v) is 2.91. The summed E-state index contributed by atoms with van der Waals surface area (Å²) >= 11 is 13.2. The standard InChI is InChI=1S/C16H10Cl2N2O2S/c17-10-6-7-12(18)13(9-10)19-16-20-15(21)14(23-16)5-1-3-11-4-2-8-22-11/h1-9H,(H,19,20,21)/b3-1+,14-5-. The molecule has 1 aromatic heterocycles. The molecule has 1 N–H and O–H groups in total. The second-order valence-electron chi connectivity index (χ2n) is 4.47. The number of carbonyl (C=O) groups excluding carboxylic acids is 1. The minimum absolute atomic E-state index is 0.212. The Morgan fingerprint density at radius 3 is 2.91 bits per heavy atom. The molecule has 0 bridgehead atoms. The summed E-state index contributed by atoms with van der Waals surface area (Å²) in [7, 11) is 0. The Kier molecular flexibility index (Phi) is 4.91. The maximum absolute atomic E-state index is 11.9. The fraction of sp³-hybridized carbons (Fsp3) is 0. The minimum Gasteiger partial charge on any atom is -0.465 e. The molecule has 1 saturated heterocycles. The van der Waals surface area contributed by atoms with E-state index in [2.05, 4.69) is 10.3 Å². The maximum Gasteiger partial charge on any atom is 0.264 e. The number of hydrogen-bond donors (Lipinski definition) is 1. The Morgan fingerprint density at radius 1 is 1.26 bits per heavy atom. The van der Waals surface area contributed by atoms with Crippen LogP contribution < -0.4 is 5.32 Å². The zero-order chi connectivity index (χ0) is 16.2. The van der Waals surface area contributed by atoms with Gasteiger partial charge >= 0.3 is 0 Å². The van der Waals surface area contributed by atoms with E-state index < -0.39 is 0 Å². The molecule has 116 valence electrons. The fourth-order valence-electron chi connectivity index (χ4n) is 1.79. The largest absolute Gasteiger partial charge is 0.465 e. The molecule has 0 spiro atoms. The van der Waals surface area contributed by atoms with E-state index in [1.54, 1.807) is 48.8 Å². The summed E-state index contributed by atoms with van der Waals surface area (Å²) in [6, 6.07) is 8.60. The number of allylic oxidation sites excluding steroid dienone is 2. The summed E-state index contributed by atoms with van der Waals surface area (Å²) in [5.74, 6) is 0.501. The normalized spacial score (nSPS) is 18.3. The van der Waals surface area contributed by atoms with E-state index >= 15 is 0 Å². The van der Waals surface area contributed by atoms with E-state index in [1.807, 2.05) is 6.07 Å². The quantitative estimate of drug-likeness (QED) is 0.776. The Hall–Kier alpha value is -1.95. The number of carbonyl (C=O) groups is 1. The van der Waals surface area contributed by atoms with Crippen molar-refractivity contribution in [3.05, 3.63) is 69.5 Å². The number of amidine groups is 1. The van der Waals surface area contributed by atoms with Crippen LogP contribution in [0.15, 0.2) is 63.1 Å². The summed E-state index contributed by atoms with van der Waals surface area (Å²) < 4.78 is 5.18. The van der Waals surface area contributed by atoms with Gasteiger partial charge in [-0.15, -0.1) is 0 Å². The number of hydrogen-bond acceptors (Lipinski definition) is 4. The smallest absolute Gasteiger partial charge is 0.264 e. The molecule has 0 atom stereocenters. The lowest BCUT2D eigenvalue weighted by molar-refractivity contribution is -0.115. The van der Waals surface area contributed by atoms with Crippen molar-refractivity contribution in [1.82, 2.24) is 5.32 Å². The van der Waals surface area contributed by atoms with Crippen LogP contribution in [0.5, 0.6) is 0 Å². The van der Waals surface area contributed by atoms with Crippen molar-refractivity contribution in [2.45, 2.75) is 0 Å². The lowest BCUT2D eigenvalue weighted by atomic mass is 10.3. The molecule has 1 aromatic carbocycles. The first-order chi connectivity index (χ1) is 11.1. The molecule has 23 heavy (non-hydrogen) atoms. The van der Waals surface area contributed by atoms with Crippen molar-refractivity contribution in [2.75, 3.05) is 0 Å². The van der Waals surface area contributed by atoms with Gasteiger partial charge < -0.3 is 9.73 Å². The SMILES string of the molecule is O=C1NC(=Nc2cc(Cl)ccc2Cl)S/C1=C\C=C\c1ccco1. The summed E-state index contributed by atoms with van der Waals surface area (Å²) in [5.41, 5.74) is 0.509. The molecule has 0 radical (unpaired) electrons. The Morgan fingerprint density at radius 2 is 2.13 bits per heavy atom. The van der Waals surface area contributed by atoms with Gasteiger partial charge in [-0.1, -0.05) is 29.3 Å². The maximum atomic E-state index is 11.9. The predicted octanol–water partition coefficient (Wildman–Crippen LogP) is 5.03. The van der Waals surface area contributed by atoms with Gasteiger partial charge in [0.25, 0.3) is 5.91 Å². The third-order valence-electron chi connectivity index (χ3n) is 2.83. The predicted molar refractivity (Wildman–Crippen MR) is 95.1 cm³/mol. The van der Waals surface area contributed by atoms with Gasteiger partial charge in [0.15, 0.2) is 5.17 Å². The topological polar surface area (TPSA) is 54.6 Å². The number of amides is 1. The first kappa shape index (κ1) is 15.9. The zero-order valence-corrected chi connectivity index (χ0v) is 14.0. The summed E-state index contributed by atoms with van der Waals surface area (Å²) in [6.07, 6.45) is 6.80. The van der Waals surface area contributed by atoms with Gasteiger partial charge in [0.2, 0.25) is 0 Å². The van der Waals surface area contributed by atoms with Crippen LogP contribution in [0, 0.1) is 0 Å². The van der Waals surface area contributed by atoms with Gasteiger partial charge in [-0.25, -0.2) is 4.99 Å². The molecule has 3 rings (SSSR count). The van der Waals surface area contributed by atoms with Gasteiger partial charge in [-0.3, -0.25) is 4.79 Å². The summed E-state index contributed by atoms with van der Waals surface area (Å²) in [5, 5.41) is 4.14. The van der Waals surface area contributed by atoms with Crippen LogP contribution in [0.1, 0.15) is 5.76 Å². The van der Waals surface area contributed by atoms with Gasteiger partial charge in [0, 0.05) is 5.02 Å². The molecular weight excluding hydrogens is 355 g/mol. The summed E-state index contributed by atoms with van der Waals surface area (Å²) in [4.78, 5) is 16.8. The zero-order valence-electron chi connectivity index (χ0n) is 11.6. The van der Waals surface area contributed by atoms with E-state index in [-0.39, 0.29) is 5.91 Å². The Bertz CT molecular complexity index is 827. The highest BCUT2D eigenvalue weighted by atomic mass is 35.5. The second kappa shape index (κ2) is 7.08. The third-order valence-corrected chi connectivity index (χ3v) is 4.32. The van der Waals surface area contributed by atoms with Crippen LogP contribution in [-0.2, 0) is 4.79 Å². The van der Waals surface area contributed by atoms with Crippen LogP contribution in [0.25, 0.3) is 6.08 Å². The van der Waals surface area contributed by atoms with Gasteiger partial charge in [-0.05, 0) is 54.2 Å². The molecule has 1 aliphatic heterocycles. The highest BCUT2D eigenvalue weighted by Gasteiger charge is 2.23. The molecule has 1 fully saturated rings. The molecule has 0 unspecified atom stereocenters. The van der Waals surface area contributed by atoms with Gasteiger partial charge in [0.05, 0.1) is 21.9 Å². The third kappa shape index (κ3) is 4.07. The first-order valence-electron chi connectivity index (χ1n) is 6.56. The Balaban J connectivity index is 1.76. The molecule has 2 aromatic rings. The summed E-state index contributed by atoms with van der Waals surface area (Å²) in [6.45, 7) is 0. The number of thioether (sulfide) groups is 1. The van der Waals surface area contributed by atoms with E-state index in [0.717, 1.165) is 0 Å². The molecule has 7 heteroatoms. The van der Waals surface area contributed by atoms with Crippen LogP contribution in [0.2, 0.25) is 10.0 Å². The average Bonchev–Trinajstić information content (AvgIpc) is 3.14. The number of halogens is 2. The molecule has 1 aliphatic rings. The van der Waals surface area contributed by atoms with Crippen LogP contribution in [0.3, 0.4) is 0 Å². The number of furan rings is 1. The molecule has 0 aliphatic carbocycles. The van der Waals surface area contributed by atoms with E-state index in [0.29, 0.717) is 31.6 Å². The first-order valence-corrected chi connectivity index (χ1v) is 8.14. The number of aliphatic imine (C=N–C) groups is 1. The lowest BCUT2D eigenvalue weighted by Gasteiger charge is -2.00. The average molecular weight is 365 g/mol. The molecule has 1 amide bonds. The number of nitrogens with zero attached hydrogens (tertiary/aromatic N) is 1. The van der Waals surface area contributed by atoms with Crippen LogP contribution in [0.4, 0.5) is 5.69 Å². The van der Waals surface area contributed by atoms with Crippen LogP contribution >= 0.6 is 35.0 Å². The van der Waals surface area contributed by atoms with Crippen molar-refractivity contribution < 1.29 is 9.21 Å². The van der Waals surface area contributed by atoms with E-state index in [1.165, 1.54) is 11.8 Å². The number of benzene rings is 1. The highest BCUT2D eigenvalue weighted by molar-refractivity contribution is 8.18. The van der Waals surface area contributed by atoms with Crippen molar-refractivity contribution in [1.29, 1.82) is 0 Å².